The number of carbonyl (C=O) groups is 1. The molecule has 1 amide bonds. The van der Waals surface area contributed by atoms with Gasteiger partial charge in [-0.05, 0) is 53.9 Å². The molecule has 1 aromatic carbocycles. The molecule has 16 heavy (non-hydrogen) atoms. The van der Waals surface area contributed by atoms with Crippen molar-refractivity contribution in [2.24, 2.45) is 0 Å². The zero-order valence-electron chi connectivity index (χ0n) is 9.86. The van der Waals surface area contributed by atoms with E-state index in [-0.39, 0.29) is 5.91 Å². The van der Waals surface area contributed by atoms with Gasteiger partial charge in [0, 0.05) is 11.0 Å². The first kappa shape index (κ1) is 13.0. The Hall–Kier alpha value is -1.03. The summed E-state index contributed by atoms with van der Waals surface area (Å²) in [6, 6.07) is 4.12. The first-order valence-corrected chi connectivity index (χ1v) is 6.11. The van der Waals surface area contributed by atoms with Crippen molar-refractivity contribution >= 4 is 27.5 Å². The number of anilines is 1. The van der Waals surface area contributed by atoms with Gasteiger partial charge in [-0.2, -0.15) is 0 Å². The summed E-state index contributed by atoms with van der Waals surface area (Å²) in [7, 11) is 0. The number of rotatable bonds is 4. The van der Waals surface area contributed by atoms with Gasteiger partial charge in [-0.25, -0.2) is 0 Å². The van der Waals surface area contributed by atoms with Crippen molar-refractivity contribution in [1.29, 1.82) is 0 Å². The van der Waals surface area contributed by atoms with E-state index in [9.17, 15) is 4.79 Å². The largest absolute Gasteiger partial charge is 0.375 e. The highest BCUT2D eigenvalue weighted by molar-refractivity contribution is 9.10. The van der Waals surface area contributed by atoms with Gasteiger partial charge in [-0.15, -0.1) is 0 Å². The van der Waals surface area contributed by atoms with Gasteiger partial charge in [0.25, 0.3) is 0 Å². The Bertz CT molecular complexity index is 368. The Morgan fingerprint density at radius 2 is 2.06 bits per heavy atom. The van der Waals surface area contributed by atoms with Crippen LogP contribution in [0.1, 0.15) is 18.1 Å². The Kier molecular flexibility index (Phi) is 4.80. The molecule has 0 fully saturated rings. The number of carbonyl (C=O) groups excluding carboxylic acids is 1. The first-order valence-electron chi connectivity index (χ1n) is 5.32. The highest BCUT2D eigenvalue weighted by atomic mass is 79.9. The van der Waals surface area contributed by atoms with Crippen molar-refractivity contribution in [3.63, 3.8) is 0 Å². The second-order valence-electron chi connectivity index (χ2n) is 3.75. The van der Waals surface area contributed by atoms with Crippen molar-refractivity contribution in [1.82, 2.24) is 5.32 Å². The standard InChI is InChI=1S/C12H17BrN2O/c1-4-14-11(16)7-15-12-9(3)5-8(2)6-10(12)13/h5-6,15H,4,7H2,1-3H3,(H,14,16). The molecule has 0 aliphatic heterocycles. The van der Waals surface area contributed by atoms with E-state index in [2.05, 4.69) is 32.6 Å². The molecule has 3 nitrogen and oxygen atoms in total. The lowest BCUT2D eigenvalue weighted by Gasteiger charge is -2.12. The smallest absolute Gasteiger partial charge is 0.239 e. The lowest BCUT2D eigenvalue weighted by Crippen LogP contribution is -2.29. The minimum atomic E-state index is 0.00868. The Balaban J connectivity index is 2.70. The third kappa shape index (κ3) is 3.52. The van der Waals surface area contributed by atoms with E-state index in [1.165, 1.54) is 5.56 Å². The van der Waals surface area contributed by atoms with Gasteiger partial charge < -0.3 is 10.6 Å². The van der Waals surface area contributed by atoms with Crippen LogP contribution in [0, 0.1) is 13.8 Å². The second-order valence-corrected chi connectivity index (χ2v) is 4.60. The van der Waals surface area contributed by atoms with Crippen molar-refractivity contribution in [2.75, 3.05) is 18.4 Å². The van der Waals surface area contributed by atoms with Crippen LogP contribution in [0.2, 0.25) is 0 Å². The van der Waals surface area contributed by atoms with Crippen LogP contribution in [0.15, 0.2) is 16.6 Å². The number of amides is 1. The van der Waals surface area contributed by atoms with E-state index >= 15 is 0 Å². The van der Waals surface area contributed by atoms with Crippen LogP contribution in [0.25, 0.3) is 0 Å². The molecule has 2 N–H and O–H groups in total. The predicted octanol–water partition coefficient (Wildman–Crippen LogP) is 2.61. The van der Waals surface area contributed by atoms with Gasteiger partial charge in [0.1, 0.15) is 0 Å². The lowest BCUT2D eigenvalue weighted by molar-refractivity contribution is -0.119. The van der Waals surface area contributed by atoms with E-state index in [0.29, 0.717) is 13.1 Å². The summed E-state index contributed by atoms with van der Waals surface area (Å²) >= 11 is 3.49. The van der Waals surface area contributed by atoms with Gasteiger partial charge in [-0.1, -0.05) is 6.07 Å². The maximum Gasteiger partial charge on any atom is 0.239 e. The molecule has 0 saturated carbocycles. The molecule has 1 rings (SSSR count). The molecule has 0 atom stereocenters. The van der Waals surface area contributed by atoms with Crippen molar-refractivity contribution < 1.29 is 4.79 Å². The fraction of sp³-hybridized carbons (Fsp3) is 0.417. The number of halogens is 1. The molecule has 0 unspecified atom stereocenters. The van der Waals surface area contributed by atoms with Crippen LogP contribution in [0.4, 0.5) is 5.69 Å². The van der Waals surface area contributed by atoms with Crippen LogP contribution < -0.4 is 10.6 Å². The fourth-order valence-corrected chi connectivity index (χ4v) is 2.38. The van der Waals surface area contributed by atoms with Gasteiger partial charge in [0.05, 0.1) is 12.2 Å². The minimum Gasteiger partial charge on any atom is -0.375 e. The lowest BCUT2D eigenvalue weighted by atomic mass is 10.1. The molecule has 0 aliphatic carbocycles. The molecule has 4 heteroatoms. The fourth-order valence-electron chi connectivity index (χ4n) is 1.57. The molecular weight excluding hydrogens is 268 g/mol. The maximum absolute atomic E-state index is 11.3. The molecule has 0 spiro atoms. The number of hydrogen-bond acceptors (Lipinski definition) is 2. The average Bonchev–Trinajstić information content (AvgIpc) is 2.16. The van der Waals surface area contributed by atoms with E-state index < -0.39 is 0 Å². The summed E-state index contributed by atoms with van der Waals surface area (Å²) in [5, 5.41) is 5.88. The Morgan fingerprint density at radius 1 is 1.38 bits per heavy atom. The summed E-state index contributed by atoms with van der Waals surface area (Å²) in [4.78, 5) is 11.3. The number of benzene rings is 1. The van der Waals surface area contributed by atoms with Crippen LogP contribution in [-0.4, -0.2) is 19.0 Å². The van der Waals surface area contributed by atoms with E-state index in [1.54, 1.807) is 0 Å². The monoisotopic (exact) mass is 284 g/mol. The van der Waals surface area contributed by atoms with Crippen molar-refractivity contribution in [3.05, 3.63) is 27.7 Å². The minimum absolute atomic E-state index is 0.00868. The van der Waals surface area contributed by atoms with Crippen LogP contribution in [0.3, 0.4) is 0 Å². The van der Waals surface area contributed by atoms with Crippen LogP contribution in [0.5, 0.6) is 0 Å². The van der Waals surface area contributed by atoms with Crippen LogP contribution in [-0.2, 0) is 4.79 Å². The third-order valence-electron chi connectivity index (χ3n) is 2.23. The highest BCUT2D eigenvalue weighted by Gasteiger charge is 2.06. The highest BCUT2D eigenvalue weighted by Crippen LogP contribution is 2.27. The normalized spacial score (nSPS) is 10.0. The van der Waals surface area contributed by atoms with Crippen LogP contribution >= 0.6 is 15.9 Å². The van der Waals surface area contributed by atoms with E-state index in [4.69, 9.17) is 0 Å². The average molecular weight is 285 g/mol. The molecular formula is C12H17BrN2O. The molecule has 0 aromatic heterocycles. The molecule has 0 bridgehead atoms. The van der Waals surface area contributed by atoms with Gasteiger partial charge in [-0.3, -0.25) is 4.79 Å². The zero-order chi connectivity index (χ0) is 12.1. The summed E-state index contributed by atoms with van der Waals surface area (Å²) in [6.07, 6.45) is 0. The summed E-state index contributed by atoms with van der Waals surface area (Å²) in [6.45, 7) is 6.94. The predicted molar refractivity (Wildman–Crippen MR) is 70.8 cm³/mol. The number of aryl methyl sites for hydroxylation is 2. The van der Waals surface area contributed by atoms with Crippen molar-refractivity contribution in [2.45, 2.75) is 20.8 Å². The van der Waals surface area contributed by atoms with E-state index in [1.807, 2.05) is 26.8 Å². The molecule has 0 saturated heterocycles. The molecule has 1 aromatic rings. The van der Waals surface area contributed by atoms with E-state index in [0.717, 1.165) is 15.7 Å². The zero-order valence-corrected chi connectivity index (χ0v) is 11.4. The Labute approximate surface area is 105 Å². The summed E-state index contributed by atoms with van der Waals surface area (Å²) < 4.78 is 0.995. The second kappa shape index (κ2) is 5.89. The van der Waals surface area contributed by atoms with Gasteiger partial charge in [0.15, 0.2) is 0 Å². The third-order valence-corrected chi connectivity index (χ3v) is 2.86. The molecule has 0 aliphatic rings. The number of nitrogens with one attached hydrogen (secondary N) is 2. The topological polar surface area (TPSA) is 41.1 Å². The molecule has 0 heterocycles. The molecule has 88 valence electrons. The first-order chi connectivity index (χ1) is 7.54. The quantitative estimate of drug-likeness (QED) is 0.893. The van der Waals surface area contributed by atoms with Gasteiger partial charge >= 0.3 is 0 Å². The van der Waals surface area contributed by atoms with Crippen molar-refractivity contribution in [3.8, 4) is 0 Å². The summed E-state index contributed by atoms with van der Waals surface area (Å²) in [5.41, 5.74) is 3.32. The maximum atomic E-state index is 11.3. The SMILES string of the molecule is CCNC(=O)CNc1c(C)cc(C)cc1Br. The Morgan fingerprint density at radius 3 is 2.62 bits per heavy atom. The number of hydrogen-bond donors (Lipinski definition) is 2. The molecule has 0 radical (unpaired) electrons. The summed E-state index contributed by atoms with van der Waals surface area (Å²) in [5.74, 6) is 0.00868. The van der Waals surface area contributed by atoms with Gasteiger partial charge in [0.2, 0.25) is 5.91 Å². The number of likely N-dealkylation sites (N-methyl/N-ethyl adjacent to an activating group) is 1.